The highest BCUT2D eigenvalue weighted by Gasteiger charge is 2.19. The van der Waals surface area contributed by atoms with Crippen molar-refractivity contribution in [2.75, 3.05) is 4.90 Å². The zero-order chi connectivity index (χ0) is 47.6. The molecule has 11 aromatic rings. The van der Waals surface area contributed by atoms with Gasteiger partial charge in [-0.15, -0.1) is 0 Å². The van der Waals surface area contributed by atoms with E-state index in [0.717, 1.165) is 45.7 Å². The number of anilines is 1. The Labute approximate surface area is 410 Å². The first kappa shape index (κ1) is 43.9. The Morgan fingerprint density at radius 1 is 0.414 bits per heavy atom. The molecule has 0 radical (unpaired) electrons. The molecule has 11 rings (SSSR count). The maximum atomic E-state index is 4.60. The molecule has 3 heteroatoms. The molecule has 0 aliphatic rings. The molecule has 0 N–H and O–H groups in total. The number of hydrogen-bond acceptors (Lipinski definition) is 3. The average molecular weight is 900 g/mol. The van der Waals surface area contributed by atoms with Gasteiger partial charge in [-0.3, -0.25) is 9.98 Å². The van der Waals surface area contributed by atoms with Gasteiger partial charge in [-0.2, -0.15) is 0 Å². The minimum absolute atomic E-state index is 0.621. The summed E-state index contributed by atoms with van der Waals surface area (Å²) in [4.78, 5) is 11.4. The third-order valence-electron chi connectivity index (χ3n) is 13.9. The van der Waals surface area contributed by atoms with Crippen LogP contribution >= 0.6 is 0 Å². The molecule has 0 saturated heterocycles. The second kappa shape index (κ2) is 19.1. The molecule has 70 heavy (non-hydrogen) atoms. The van der Waals surface area contributed by atoms with E-state index in [9.17, 15) is 0 Å². The minimum atomic E-state index is 0.621. The SMILES string of the molecule is C=Nc1cc(-c2ccc(-c3ccc4c(-c5ccc6ccccc6c5)c5ccccc5c(-c5ccc6ccccc6c5)c4c3)cc2)ccc1CN(Cc1ccc(=C/C)/c(=C\CC)c1)c1ccccc1N=C. The lowest BCUT2D eigenvalue weighted by Gasteiger charge is -2.27. The van der Waals surface area contributed by atoms with Crippen LogP contribution in [0.1, 0.15) is 31.4 Å². The van der Waals surface area contributed by atoms with Crippen LogP contribution in [0, 0.1) is 0 Å². The molecule has 0 fully saturated rings. The van der Waals surface area contributed by atoms with E-state index in [-0.39, 0.29) is 0 Å². The summed E-state index contributed by atoms with van der Waals surface area (Å²) in [5.74, 6) is 0. The molecule has 0 aliphatic carbocycles. The smallest absolute Gasteiger partial charge is 0.0855 e. The summed E-state index contributed by atoms with van der Waals surface area (Å²) in [5.41, 5.74) is 14.5. The summed E-state index contributed by atoms with van der Waals surface area (Å²) in [7, 11) is 0. The third-order valence-corrected chi connectivity index (χ3v) is 13.9. The van der Waals surface area contributed by atoms with Gasteiger partial charge in [-0.05, 0) is 178 Å². The normalized spacial score (nSPS) is 12.0. The highest BCUT2D eigenvalue weighted by atomic mass is 15.1. The first-order valence-electron chi connectivity index (χ1n) is 24.2. The van der Waals surface area contributed by atoms with Crippen molar-refractivity contribution in [2.45, 2.75) is 33.4 Å². The van der Waals surface area contributed by atoms with Crippen LogP contribution in [-0.2, 0) is 13.1 Å². The molecular weight excluding hydrogens is 847 g/mol. The molecule has 3 nitrogen and oxygen atoms in total. The van der Waals surface area contributed by atoms with Crippen molar-refractivity contribution in [3.63, 3.8) is 0 Å². The van der Waals surface area contributed by atoms with Gasteiger partial charge in [0.15, 0.2) is 0 Å². The molecule has 0 atom stereocenters. The van der Waals surface area contributed by atoms with Crippen LogP contribution in [0.3, 0.4) is 0 Å². The molecule has 0 aliphatic heterocycles. The van der Waals surface area contributed by atoms with E-state index in [0.29, 0.717) is 13.1 Å². The predicted molar refractivity (Wildman–Crippen MR) is 304 cm³/mol. The number of hydrogen-bond donors (Lipinski definition) is 0. The van der Waals surface area contributed by atoms with Gasteiger partial charge in [0, 0.05) is 13.1 Å². The van der Waals surface area contributed by atoms with Gasteiger partial charge >= 0.3 is 0 Å². The standard InChI is InChI=1S/C67H53N3/c1-5-15-51-38-45(24-25-46(51)6-2)43-70(65-23-14-13-22-63(65)68-3)44-58-35-32-55(42-64(58)69-4)50-28-26-49(27-29-50)54-36-37-61-62(41-54)67(57-34-31-48-17-8-10-19-53(48)40-57)60-21-12-11-20-59(60)66(61)56-33-30-47-16-7-9-18-52(47)39-56/h6-42H,3-5,43-44H2,1-2H3/b46-6-,51-15-. The van der Waals surface area contributed by atoms with E-state index >= 15 is 0 Å². The molecule has 0 saturated carbocycles. The Morgan fingerprint density at radius 3 is 1.57 bits per heavy atom. The lowest BCUT2D eigenvalue weighted by molar-refractivity contribution is 0.800. The monoisotopic (exact) mass is 899 g/mol. The summed E-state index contributed by atoms with van der Waals surface area (Å²) in [5, 5.41) is 12.4. The summed E-state index contributed by atoms with van der Waals surface area (Å²) in [6.45, 7) is 13.6. The van der Waals surface area contributed by atoms with Crippen molar-refractivity contribution in [1.82, 2.24) is 0 Å². The number of fused-ring (bicyclic) bond motifs is 4. The molecule has 0 amide bonds. The van der Waals surface area contributed by atoms with Crippen molar-refractivity contribution in [3.05, 3.63) is 234 Å². The van der Waals surface area contributed by atoms with Crippen LogP contribution in [-0.4, -0.2) is 13.4 Å². The van der Waals surface area contributed by atoms with E-state index in [2.05, 4.69) is 255 Å². The first-order valence-corrected chi connectivity index (χ1v) is 24.2. The van der Waals surface area contributed by atoms with Crippen LogP contribution in [0.2, 0.25) is 0 Å². The van der Waals surface area contributed by atoms with Gasteiger partial charge in [-0.1, -0.05) is 189 Å². The van der Waals surface area contributed by atoms with Crippen molar-refractivity contribution >= 4 is 85.7 Å². The van der Waals surface area contributed by atoms with Gasteiger partial charge < -0.3 is 4.90 Å². The lowest BCUT2D eigenvalue weighted by atomic mass is 9.84. The summed E-state index contributed by atoms with van der Waals surface area (Å²) < 4.78 is 0. The lowest BCUT2D eigenvalue weighted by Crippen LogP contribution is -2.27. The van der Waals surface area contributed by atoms with Crippen LogP contribution in [0.4, 0.5) is 17.1 Å². The number of para-hydroxylation sites is 2. The van der Waals surface area contributed by atoms with Crippen molar-refractivity contribution in [3.8, 4) is 44.5 Å². The van der Waals surface area contributed by atoms with E-state index in [1.807, 2.05) is 12.1 Å². The molecular formula is C67H53N3. The maximum absolute atomic E-state index is 4.60. The summed E-state index contributed by atoms with van der Waals surface area (Å²) in [6.07, 6.45) is 5.44. The Bertz CT molecular complexity index is 3940. The van der Waals surface area contributed by atoms with Crippen LogP contribution < -0.4 is 15.3 Å². The van der Waals surface area contributed by atoms with Gasteiger partial charge in [0.25, 0.3) is 0 Å². The van der Waals surface area contributed by atoms with E-state index in [1.54, 1.807) is 0 Å². The quantitative estimate of drug-likeness (QED) is 0.0887. The zero-order valence-electron chi connectivity index (χ0n) is 39.7. The Hall–Kier alpha value is -8.66. The fourth-order valence-corrected chi connectivity index (χ4v) is 10.4. The van der Waals surface area contributed by atoms with E-state index < -0.39 is 0 Å². The molecule has 0 unspecified atom stereocenters. The highest BCUT2D eigenvalue weighted by molar-refractivity contribution is 6.22. The second-order valence-corrected chi connectivity index (χ2v) is 18.1. The molecule has 0 spiro atoms. The summed E-state index contributed by atoms with van der Waals surface area (Å²) in [6, 6.07) is 77.5. The Kier molecular flexibility index (Phi) is 12.0. The Balaban J connectivity index is 0.973. The van der Waals surface area contributed by atoms with Crippen molar-refractivity contribution in [2.24, 2.45) is 9.98 Å². The van der Waals surface area contributed by atoms with E-state index in [1.165, 1.54) is 86.9 Å². The molecule has 336 valence electrons. The first-order chi connectivity index (χ1) is 34.5. The topological polar surface area (TPSA) is 28.0 Å². The molecule has 0 aromatic heterocycles. The van der Waals surface area contributed by atoms with Crippen LogP contribution in [0.15, 0.2) is 222 Å². The number of benzene rings is 11. The zero-order valence-corrected chi connectivity index (χ0v) is 39.7. The number of rotatable bonds is 12. The third kappa shape index (κ3) is 8.37. The number of nitrogens with zero attached hydrogens (tertiary/aromatic N) is 3. The van der Waals surface area contributed by atoms with E-state index in [4.69, 9.17) is 0 Å². The Morgan fingerprint density at radius 2 is 0.943 bits per heavy atom. The highest BCUT2D eigenvalue weighted by Crippen LogP contribution is 2.46. The van der Waals surface area contributed by atoms with Crippen molar-refractivity contribution in [1.29, 1.82) is 0 Å². The number of aliphatic imine (C=N–C) groups is 2. The van der Waals surface area contributed by atoms with Crippen molar-refractivity contribution < 1.29 is 0 Å². The van der Waals surface area contributed by atoms with Gasteiger partial charge in [0.05, 0.1) is 17.1 Å². The minimum Gasteiger partial charge on any atom is -0.361 e. The predicted octanol–water partition coefficient (Wildman–Crippen LogP) is 16.8. The second-order valence-electron chi connectivity index (χ2n) is 18.1. The van der Waals surface area contributed by atoms with Gasteiger partial charge in [0.1, 0.15) is 0 Å². The molecule has 11 aromatic carbocycles. The maximum Gasteiger partial charge on any atom is 0.0855 e. The largest absolute Gasteiger partial charge is 0.361 e. The van der Waals surface area contributed by atoms with Gasteiger partial charge in [0.2, 0.25) is 0 Å². The fraction of sp³-hybridized carbons (Fsp3) is 0.0746. The molecule has 0 heterocycles. The molecule has 0 bridgehead atoms. The summed E-state index contributed by atoms with van der Waals surface area (Å²) >= 11 is 0. The fourth-order valence-electron chi connectivity index (χ4n) is 10.4. The van der Waals surface area contributed by atoms with Crippen LogP contribution in [0.5, 0.6) is 0 Å². The average Bonchev–Trinajstić information content (AvgIpc) is 3.42. The van der Waals surface area contributed by atoms with Crippen LogP contribution in [0.25, 0.3) is 99.7 Å². The van der Waals surface area contributed by atoms with Gasteiger partial charge in [-0.25, -0.2) is 0 Å².